The van der Waals surface area contributed by atoms with Crippen molar-refractivity contribution in [3.63, 3.8) is 0 Å². The maximum absolute atomic E-state index is 5.83. The highest BCUT2D eigenvalue weighted by atomic mass is 32.2. The molecule has 14 heavy (non-hydrogen) atoms. The summed E-state index contributed by atoms with van der Waals surface area (Å²) in [7, 11) is 0. The second-order valence-electron chi connectivity index (χ2n) is 3.43. The van der Waals surface area contributed by atoms with Crippen LogP contribution in [0.2, 0.25) is 0 Å². The van der Waals surface area contributed by atoms with E-state index in [4.69, 9.17) is 5.73 Å². The van der Waals surface area contributed by atoms with Crippen LogP contribution in [0.25, 0.3) is 0 Å². The first-order valence-corrected chi connectivity index (χ1v) is 6.86. The Kier molecular flexibility index (Phi) is 4.92. The molecule has 0 saturated carbocycles. The van der Waals surface area contributed by atoms with Crippen molar-refractivity contribution >= 4 is 23.1 Å². The number of hydrogen-bond donors (Lipinski definition) is 1. The highest BCUT2D eigenvalue weighted by Gasteiger charge is 2.04. The molecule has 1 rings (SSSR count). The minimum absolute atomic E-state index is 0.335. The maximum atomic E-state index is 5.83. The molecular formula is C10H18N2S2. The first-order valence-electron chi connectivity index (χ1n) is 4.89. The second kappa shape index (κ2) is 5.73. The molecule has 1 aromatic heterocycles. The lowest BCUT2D eigenvalue weighted by atomic mass is 10.3. The van der Waals surface area contributed by atoms with Crippen LogP contribution >= 0.6 is 23.1 Å². The molecule has 0 radical (unpaired) electrons. The molecule has 0 bridgehead atoms. The number of aromatic nitrogens is 1. The van der Waals surface area contributed by atoms with Gasteiger partial charge in [-0.2, -0.15) is 11.8 Å². The van der Waals surface area contributed by atoms with Crippen molar-refractivity contribution in [2.45, 2.75) is 39.0 Å². The molecule has 0 aromatic carbocycles. The van der Waals surface area contributed by atoms with Gasteiger partial charge in [-0.15, -0.1) is 11.3 Å². The molecule has 2 N–H and O–H groups in total. The zero-order valence-electron chi connectivity index (χ0n) is 9.04. The van der Waals surface area contributed by atoms with E-state index in [0.29, 0.717) is 6.04 Å². The van der Waals surface area contributed by atoms with Crippen LogP contribution in [-0.2, 0) is 5.75 Å². The van der Waals surface area contributed by atoms with Crippen molar-refractivity contribution in [3.05, 3.63) is 15.6 Å². The molecule has 1 heterocycles. The van der Waals surface area contributed by atoms with Crippen molar-refractivity contribution in [1.29, 1.82) is 0 Å². The molecule has 4 heteroatoms. The topological polar surface area (TPSA) is 38.9 Å². The Morgan fingerprint density at radius 2 is 2.21 bits per heavy atom. The van der Waals surface area contributed by atoms with Crippen molar-refractivity contribution < 1.29 is 0 Å². The number of nitrogens with zero attached hydrogens (tertiary/aromatic N) is 1. The number of thiazole rings is 1. The van der Waals surface area contributed by atoms with Crippen molar-refractivity contribution in [1.82, 2.24) is 4.98 Å². The van der Waals surface area contributed by atoms with Crippen molar-refractivity contribution in [2.75, 3.05) is 5.75 Å². The van der Waals surface area contributed by atoms with Gasteiger partial charge in [-0.3, -0.25) is 0 Å². The number of hydrogen-bond acceptors (Lipinski definition) is 4. The summed E-state index contributed by atoms with van der Waals surface area (Å²) in [5, 5.41) is 1.23. The van der Waals surface area contributed by atoms with Crippen LogP contribution in [0.3, 0.4) is 0 Å². The molecule has 0 aliphatic carbocycles. The molecule has 0 spiro atoms. The first kappa shape index (κ1) is 12.0. The van der Waals surface area contributed by atoms with Crippen LogP contribution in [0.4, 0.5) is 0 Å². The highest BCUT2D eigenvalue weighted by Crippen LogP contribution is 2.21. The van der Waals surface area contributed by atoms with E-state index in [9.17, 15) is 0 Å². The summed E-state index contributed by atoms with van der Waals surface area (Å²) in [6, 6.07) is 0.335. The van der Waals surface area contributed by atoms with Crippen LogP contribution in [0.5, 0.6) is 0 Å². The molecule has 0 saturated heterocycles. The molecule has 0 aliphatic rings. The fourth-order valence-electron chi connectivity index (χ4n) is 1.02. The van der Waals surface area contributed by atoms with Crippen molar-refractivity contribution in [2.24, 2.45) is 5.73 Å². The van der Waals surface area contributed by atoms with Crippen LogP contribution in [0, 0.1) is 13.8 Å². The molecule has 1 atom stereocenters. The van der Waals surface area contributed by atoms with E-state index >= 15 is 0 Å². The van der Waals surface area contributed by atoms with Gasteiger partial charge < -0.3 is 5.73 Å². The van der Waals surface area contributed by atoms with E-state index < -0.39 is 0 Å². The van der Waals surface area contributed by atoms with Gasteiger partial charge in [-0.05, 0) is 20.3 Å². The largest absolute Gasteiger partial charge is 0.327 e. The summed E-state index contributed by atoms with van der Waals surface area (Å²) in [6.45, 7) is 6.32. The van der Waals surface area contributed by atoms with Crippen LogP contribution in [-0.4, -0.2) is 16.8 Å². The third-order valence-electron chi connectivity index (χ3n) is 2.15. The predicted molar refractivity (Wildman–Crippen MR) is 66.0 cm³/mol. The lowest BCUT2D eigenvalue weighted by Gasteiger charge is -2.06. The van der Waals surface area contributed by atoms with E-state index in [0.717, 1.165) is 17.9 Å². The molecular weight excluding hydrogens is 212 g/mol. The van der Waals surface area contributed by atoms with E-state index in [-0.39, 0.29) is 0 Å². The Balaban J connectivity index is 2.31. The zero-order chi connectivity index (χ0) is 10.6. The van der Waals surface area contributed by atoms with Gasteiger partial charge >= 0.3 is 0 Å². The average Bonchev–Trinajstić information content (AvgIpc) is 2.46. The molecule has 0 fully saturated rings. The summed E-state index contributed by atoms with van der Waals surface area (Å²) >= 11 is 3.68. The lowest BCUT2D eigenvalue weighted by Crippen LogP contribution is -2.21. The van der Waals surface area contributed by atoms with Gasteiger partial charge in [0.25, 0.3) is 0 Å². The second-order valence-corrected chi connectivity index (χ2v) is 5.75. The zero-order valence-corrected chi connectivity index (χ0v) is 10.7. The van der Waals surface area contributed by atoms with Gasteiger partial charge in [0, 0.05) is 22.4 Å². The van der Waals surface area contributed by atoms with E-state index in [1.807, 2.05) is 11.8 Å². The van der Waals surface area contributed by atoms with Gasteiger partial charge in [-0.25, -0.2) is 4.98 Å². The SMILES string of the molecule is CCC(N)CSCc1nc(C)c(C)s1. The third kappa shape index (κ3) is 3.59. The summed E-state index contributed by atoms with van der Waals surface area (Å²) in [4.78, 5) is 5.82. The van der Waals surface area contributed by atoms with Gasteiger partial charge in [-0.1, -0.05) is 6.92 Å². The molecule has 2 nitrogen and oxygen atoms in total. The highest BCUT2D eigenvalue weighted by molar-refractivity contribution is 7.98. The minimum atomic E-state index is 0.335. The number of nitrogens with two attached hydrogens (primary N) is 1. The van der Waals surface area contributed by atoms with Gasteiger partial charge in [0.2, 0.25) is 0 Å². The third-order valence-corrected chi connectivity index (χ3v) is 4.55. The van der Waals surface area contributed by atoms with Crippen LogP contribution in [0.1, 0.15) is 28.9 Å². The number of rotatable bonds is 5. The van der Waals surface area contributed by atoms with E-state index in [2.05, 4.69) is 25.8 Å². The summed E-state index contributed by atoms with van der Waals surface area (Å²) < 4.78 is 0. The monoisotopic (exact) mass is 230 g/mol. The smallest absolute Gasteiger partial charge is 0.103 e. The lowest BCUT2D eigenvalue weighted by molar-refractivity contribution is 0.725. The van der Waals surface area contributed by atoms with Gasteiger partial charge in [0.1, 0.15) is 5.01 Å². The molecule has 1 aromatic rings. The number of aryl methyl sites for hydroxylation is 2. The average molecular weight is 230 g/mol. The molecule has 1 unspecified atom stereocenters. The number of thioether (sulfide) groups is 1. The standard InChI is InChI=1S/C10H18N2S2/c1-4-9(11)5-13-6-10-12-7(2)8(3)14-10/h9H,4-6,11H2,1-3H3. The quantitative estimate of drug-likeness (QED) is 0.845. The summed E-state index contributed by atoms with van der Waals surface area (Å²) in [5.74, 6) is 2.04. The summed E-state index contributed by atoms with van der Waals surface area (Å²) in [6.07, 6.45) is 1.06. The Bertz CT molecular complexity index is 264. The predicted octanol–water partition coefficient (Wildman–Crippen LogP) is 2.73. The molecule has 80 valence electrons. The van der Waals surface area contributed by atoms with E-state index in [1.54, 1.807) is 11.3 Å². The Labute approximate surface area is 94.3 Å². The Morgan fingerprint density at radius 1 is 1.50 bits per heavy atom. The molecule has 0 amide bonds. The van der Waals surface area contributed by atoms with Crippen LogP contribution in [0.15, 0.2) is 0 Å². The van der Waals surface area contributed by atoms with E-state index in [1.165, 1.54) is 15.6 Å². The maximum Gasteiger partial charge on any atom is 0.103 e. The fourth-order valence-corrected chi connectivity index (χ4v) is 3.13. The normalized spacial score (nSPS) is 13.1. The van der Waals surface area contributed by atoms with Crippen molar-refractivity contribution in [3.8, 4) is 0 Å². The summed E-state index contributed by atoms with van der Waals surface area (Å²) in [5.41, 5.74) is 7.01. The fraction of sp³-hybridized carbons (Fsp3) is 0.700. The first-order chi connectivity index (χ1) is 6.63. The van der Waals surface area contributed by atoms with Gasteiger partial charge in [0.05, 0.1) is 5.69 Å². The minimum Gasteiger partial charge on any atom is -0.327 e. The van der Waals surface area contributed by atoms with Gasteiger partial charge in [0.15, 0.2) is 0 Å². The molecule has 0 aliphatic heterocycles. The Morgan fingerprint density at radius 3 is 2.71 bits per heavy atom. The Hall–Kier alpha value is -0.0600. The van der Waals surface area contributed by atoms with Crippen LogP contribution < -0.4 is 5.73 Å².